The number of ketones is 1. The van der Waals surface area contributed by atoms with E-state index < -0.39 is 0 Å². The number of rotatable bonds is 3. The lowest BCUT2D eigenvalue weighted by atomic mass is 10.1. The predicted octanol–water partition coefficient (Wildman–Crippen LogP) is 1.74. The normalized spacial score (nSPS) is 19.6. The van der Waals surface area contributed by atoms with Gasteiger partial charge in [0.2, 0.25) is 0 Å². The first kappa shape index (κ1) is 12.9. The maximum Gasteiger partial charge on any atom is 0.163 e. The highest BCUT2D eigenvalue weighted by Crippen LogP contribution is 2.28. The lowest BCUT2D eigenvalue weighted by Gasteiger charge is -2.22. The van der Waals surface area contributed by atoms with Gasteiger partial charge in [-0.2, -0.15) is 0 Å². The van der Waals surface area contributed by atoms with Gasteiger partial charge in [-0.15, -0.1) is 0 Å². The monoisotopic (exact) mass is 248 g/mol. The quantitative estimate of drug-likeness (QED) is 0.827. The topological polar surface area (TPSA) is 43.8 Å². The number of carbonyl (C=O) groups excluding carboxylic acids is 1. The molecule has 1 heterocycles. The molecule has 0 aromatic heterocycles. The van der Waals surface area contributed by atoms with Crippen molar-refractivity contribution in [3.05, 3.63) is 23.8 Å². The van der Waals surface area contributed by atoms with Crippen molar-refractivity contribution in [2.24, 2.45) is 0 Å². The molecule has 0 saturated carbocycles. The SMILES string of the molecule is CC(=O)c1ccc(N2CCC(N(C)C)C2)cc1O. The van der Waals surface area contributed by atoms with Gasteiger partial charge in [-0.25, -0.2) is 0 Å². The number of phenols is 1. The third-order valence-corrected chi connectivity index (χ3v) is 3.62. The van der Waals surface area contributed by atoms with E-state index in [1.54, 1.807) is 12.1 Å². The fraction of sp³-hybridized carbons (Fsp3) is 0.500. The Kier molecular flexibility index (Phi) is 3.57. The van der Waals surface area contributed by atoms with Gasteiger partial charge in [0.05, 0.1) is 5.56 Å². The van der Waals surface area contributed by atoms with E-state index in [4.69, 9.17) is 0 Å². The summed E-state index contributed by atoms with van der Waals surface area (Å²) in [6.45, 7) is 3.42. The fourth-order valence-electron chi connectivity index (χ4n) is 2.41. The molecule has 4 heteroatoms. The van der Waals surface area contributed by atoms with Crippen molar-refractivity contribution in [1.82, 2.24) is 4.90 Å². The van der Waals surface area contributed by atoms with Gasteiger partial charge in [-0.3, -0.25) is 4.79 Å². The lowest BCUT2D eigenvalue weighted by Crippen LogP contribution is -2.31. The molecule has 1 aromatic carbocycles. The molecule has 1 atom stereocenters. The average Bonchev–Trinajstić information content (AvgIpc) is 2.77. The summed E-state index contributed by atoms with van der Waals surface area (Å²) in [5.74, 6) is -0.0278. The van der Waals surface area contributed by atoms with Crippen molar-refractivity contribution >= 4 is 11.5 Å². The molecule has 1 unspecified atom stereocenters. The first-order valence-corrected chi connectivity index (χ1v) is 6.24. The third kappa shape index (κ3) is 2.48. The second-order valence-electron chi connectivity index (χ2n) is 5.11. The molecule has 0 aliphatic carbocycles. The Balaban J connectivity index is 2.16. The van der Waals surface area contributed by atoms with Crippen LogP contribution in [0.1, 0.15) is 23.7 Å². The van der Waals surface area contributed by atoms with E-state index in [1.165, 1.54) is 6.92 Å². The molecule has 0 spiro atoms. The molecule has 1 fully saturated rings. The van der Waals surface area contributed by atoms with E-state index in [0.29, 0.717) is 11.6 Å². The number of carbonyl (C=O) groups is 1. The molecule has 18 heavy (non-hydrogen) atoms. The third-order valence-electron chi connectivity index (χ3n) is 3.62. The predicted molar refractivity (Wildman–Crippen MR) is 72.4 cm³/mol. The van der Waals surface area contributed by atoms with E-state index >= 15 is 0 Å². The van der Waals surface area contributed by atoms with Crippen LogP contribution >= 0.6 is 0 Å². The lowest BCUT2D eigenvalue weighted by molar-refractivity contribution is 0.101. The van der Waals surface area contributed by atoms with Gasteiger partial charge in [0.15, 0.2) is 5.78 Å². The molecule has 2 rings (SSSR count). The summed E-state index contributed by atoms with van der Waals surface area (Å²) in [5, 5.41) is 9.84. The Labute approximate surface area is 108 Å². The summed E-state index contributed by atoms with van der Waals surface area (Å²) in [4.78, 5) is 15.7. The Hall–Kier alpha value is -1.55. The first-order chi connectivity index (χ1) is 8.49. The van der Waals surface area contributed by atoms with Crippen molar-refractivity contribution in [3.63, 3.8) is 0 Å². The highest BCUT2D eigenvalue weighted by molar-refractivity contribution is 5.97. The number of phenolic OH excluding ortho intramolecular Hbond substituents is 1. The molecular weight excluding hydrogens is 228 g/mol. The van der Waals surface area contributed by atoms with Gasteiger partial charge in [0.25, 0.3) is 0 Å². The number of Topliss-reactive ketones (excluding diaryl/α,β-unsaturated/α-hetero) is 1. The molecule has 98 valence electrons. The first-order valence-electron chi connectivity index (χ1n) is 6.24. The number of anilines is 1. The summed E-state index contributed by atoms with van der Waals surface area (Å²) in [7, 11) is 4.18. The summed E-state index contributed by atoms with van der Waals surface area (Å²) < 4.78 is 0. The van der Waals surface area contributed by atoms with E-state index in [-0.39, 0.29) is 11.5 Å². The van der Waals surface area contributed by atoms with Crippen LogP contribution in [-0.4, -0.2) is 49.0 Å². The number of benzene rings is 1. The minimum atomic E-state index is -0.105. The van der Waals surface area contributed by atoms with Gasteiger partial charge in [-0.1, -0.05) is 0 Å². The molecule has 1 saturated heterocycles. The molecule has 1 N–H and O–H groups in total. The van der Waals surface area contributed by atoms with Gasteiger partial charge in [-0.05, 0) is 39.6 Å². The summed E-state index contributed by atoms with van der Waals surface area (Å²) in [6, 6.07) is 5.86. The van der Waals surface area contributed by atoms with E-state index in [2.05, 4.69) is 23.9 Å². The average molecular weight is 248 g/mol. The van der Waals surface area contributed by atoms with Crippen LogP contribution in [0.25, 0.3) is 0 Å². The second kappa shape index (κ2) is 4.98. The minimum absolute atomic E-state index is 0.0771. The van der Waals surface area contributed by atoms with Gasteiger partial charge < -0.3 is 14.9 Å². The van der Waals surface area contributed by atoms with Crippen LogP contribution in [-0.2, 0) is 0 Å². The van der Waals surface area contributed by atoms with Crippen LogP contribution in [0, 0.1) is 0 Å². The number of likely N-dealkylation sites (N-methyl/N-ethyl adjacent to an activating group) is 1. The Morgan fingerprint density at radius 3 is 2.67 bits per heavy atom. The van der Waals surface area contributed by atoms with Crippen molar-refractivity contribution in [2.45, 2.75) is 19.4 Å². The Morgan fingerprint density at radius 1 is 1.44 bits per heavy atom. The summed E-state index contributed by atoms with van der Waals surface area (Å²) >= 11 is 0. The maximum atomic E-state index is 11.3. The Morgan fingerprint density at radius 2 is 2.17 bits per heavy atom. The van der Waals surface area contributed by atoms with Crippen molar-refractivity contribution < 1.29 is 9.90 Å². The highest BCUT2D eigenvalue weighted by atomic mass is 16.3. The summed E-state index contributed by atoms with van der Waals surface area (Å²) in [5.41, 5.74) is 1.38. The van der Waals surface area contributed by atoms with Crippen LogP contribution in [0.5, 0.6) is 5.75 Å². The fourth-order valence-corrected chi connectivity index (χ4v) is 2.41. The zero-order valence-corrected chi connectivity index (χ0v) is 11.2. The number of nitrogens with zero attached hydrogens (tertiary/aromatic N) is 2. The van der Waals surface area contributed by atoms with Crippen LogP contribution in [0.4, 0.5) is 5.69 Å². The largest absolute Gasteiger partial charge is 0.507 e. The van der Waals surface area contributed by atoms with Crippen LogP contribution in [0.3, 0.4) is 0 Å². The molecule has 1 aromatic rings. The van der Waals surface area contributed by atoms with Crippen molar-refractivity contribution in [3.8, 4) is 5.75 Å². The zero-order valence-electron chi connectivity index (χ0n) is 11.2. The molecule has 1 aliphatic heterocycles. The number of hydrogen-bond donors (Lipinski definition) is 1. The van der Waals surface area contributed by atoms with Gasteiger partial charge in [0.1, 0.15) is 5.75 Å². The molecular formula is C14H20N2O2. The van der Waals surface area contributed by atoms with Crippen LogP contribution < -0.4 is 4.90 Å². The van der Waals surface area contributed by atoms with E-state index in [9.17, 15) is 9.90 Å². The smallest absolute Gasteiger partial charge is 0.163 e. The Bertz CT molecular complexity index is 457. The molecule has 0 radical (unpaired) electrons. The number of hydrogen-bond acceptors (Lipinski definition) is 4. The van der Waals surface area contributed by atoms with Crippen molar-refractivity contribution in [1.29, 1.82) is 0 Å². The summed E-state index contributed by atoms with van der Waals surface area (Å²) in [6.07, 6.45) is 1.13. The highest BCUT2D eigenvalue weighted by Gasteiger charge is 2.24. The number of aromatic hydroxyl groups is 1. The van der Waals surface area contributed by atoms with E-state index in [0.717, 1.165) is 25.2 Å². The van der Waals surface area contributed by atoms with E-state index in [1.807, 2.05) is 6.07 Å². The molecule has 0 bridgehead atoms. The maximum absolute atomic E-state index is 11.3. The van der Waals surface area contributed by atoms with Gasteiger partial charge in [0, 0.05) is 30.9 Å². The zero-order chi connectivity index (χ0) is 13.3. The van der Waals surface area contributed by atoms with Crippen LogP contribution in [0.2, 0.25) is 0 Å². The molecule has 1 aliphatic rings. The second-order valence-corrected chi connectivity index (χ2v) is 5.11. The van der Waals surface area contributed by atoms with Gasteiger partial charge >= 0.3 is 0 Å². The molecule has 0 amide bonds. The molecule has 4 nitrogen and oxygen atoms in total. The van der Waals surface area contributed by atoms with Crippen molar-refractivity contribution in [2.75, 3.05) is 32.1 Å². The minimum Gasteiger partial charge on any atom is -0.507 e. The standard InChI is InChI=1S/C14H20N2O2/c1-10(17)13-5-4-11(8-14(13)18)16-7-6-12(9-16)15(2)3/h4-5,8,12,18H,6-7,9H2,1-3H3. The van der Waals surface area contributed by atoms with Crippen LogP contribution in [0.15, 0.2) is 18.2 Å².